The number of methoxy groups -OCH3 is 1. The third-order valence-electron chi connectivity index (χ3n) is 6.79. The van der Waals surface area contributed by atoms with Crippen molar-refractivity contribution in [1.29, 1.82) is 0 Å². The van der Waals surface area contributed by atoms with E-state index < -0.39 is 0 Å². The highest BCUT2D eigenvalue weighted by atomic mass is 35.5. The van der Waals surface area contributed by atoms with E-state index in [1.807, 2.05) is 36.4 Å². The van der Waals surface area contributed by atoms with E-state index >= 15 is 0 Å². The van der Waals surface area contributed by atoms with Crippen LogP contribution in [0.15, 0.2) is 36.4 Å². The summed E-state index contributed by atoms with van der Waals surface area (Å²) in [6.07, 6.45) is 4.17. The first kappa shape index (κ1) is 24.8. The van der Waals surface area contributed by atoms with E-state index in [0.717, 1.165) is 17.7 Å². The van der Waals surface area contributed by atoms with Crippen molar-refractivity contribution in [2.75, 3.05) is 20.3 Å². The first-order chi connectivity index (χ1) is 16.4. The molecule has 2 fully saturated rings. The van der Waals surface area contributed by atoms with Crippen LogP contribution in [0.2, 0.25) is 10.0 Å². The van der Waals surface area contributed by atoms with Gasteiger partial charge in [-0.1, -0.05) is 41.8 Å². The Hall–Kier alpha value is -2.28. The topological polar surface area (TPSA) is 59.1 Å². The maximum atomic E-state index is 11.8. The number of rotatable bonds is 10. The largest absolute Gasteiger partial charge is 0.493 e. The zero-order valence-corrected chi connectivity index (χ0v) is 21.1. The van der Waals surface area contributed by atoms with Gasteiger partial charge < -0.3 is 9.47 Å². The van der Waals surface area contributed by atoms with Gasteiger partial charge in [0.05, 0.1) is 23.7 Å². The van der Waals surface area contributed by atoms with Gasteiger partial charge in [0.1, 0.15) is 6.61 Å². The lowest BCUT2D eigenvalue weighted by Gasteiger charge is -2.41. The lowest BCUT2D eigenvalue weighted by Crippen LogP contribution is -2.41. The first-order valence-electron chi connectivity index (χ1n) is 11.7. The third-order valence-corrected chi connectivity index (χ3v) is 7.53. The van der Waals surface area contributed by atoms with Crippen LogP contribution in [0.25, 0.3) is 0 Å². The molecule has 0 radical (unpaired) electrons. The smallest absolute Gasteiger partial charge is 0.229 e. The molecule has 1 unspecified atom stereocenters. The summed E-state index contributed by atoms with van der Waals surface area (Å²) >= 11 is 12.4. The summed E-state index contributed by atoms with van der Waals surface area (Å²) in [6, 6.07) is 12.5. The summed E-state index contributed by atoms with van der Waals surface area (Å²) in [4.78, 5) is 27.3. The molecule has 182 valence electrons. The van der Waals surface area contributed by atoms with Crippen molar-refractivity contribution in [2.45, 2.75) is 57.7 Å². The lowest BCUT2D eigenvalue weighted by atomic mass is 9.89. The number of carbonyl (C=O) groups excluding carboxylic acids is 2. The van der Waals surface area contributed by atoms with Crippen LogP contribution in [-0.4, -0.2) is 47.9 Å². The molecule has 6 nitrogen and oxygen atoms in total. The molecule has 1 saturated heterocycles. The van der Waals surface area contributed by atoms with Crippen LogP contribution < -0.4 is 9.47 Å². The number of likely N-dealkylation sites (tertiary alicyclic amines) is 1. The van der Waals surface area contributed by atoms with Gasteiger partial charge in [-0.2, -0.15) is 0 Å². The molecule has 1 saturated carbocycles. The van der Waals surface area contributed by atoms with E-state index in [2.05, 4.69) is 11.8 Å². The molecule has 0 bridgehead atoms. The van der Waals surface area contributed by atoms with E-state index in [1.54, 1.807) is 7.11 Å². The number of halogens is 2. The normalized spacial score (nSPS) is 17.3. The van der Waals surface area contributed by atoms with Gasteiger partial charge in [-0.15, -0.1) is 0 Å². The van der Waals surface area contributed by atoms with E-state index in [4.69, 9.17) is 32.7 Å². The summed E-state index contributed by atoms with van der Waals surface area (Å²) in [7, 11) is 1.61. The fourth-order valence-corrected chi connectivity index (χ4v) is 4.83. The molecular formula is C26H30Cl2N2O4. The van der Waals surface area contributed by atoms with E-state index in [0.29, 0.717) is 27.6 Å². The quantitative estimate of drug-likeness (QED) is 0.391. The lowest BCUT2D eigenvalue weighted by molar-refractivity contribution is -0.138. The second kappa shape index (κ2) is 11.0. The van der Waals surface area contributed by atoms with Crippen LogP contribution in [0.5, 0.6) is 11.5 Å². The van der Waals surface area contributed by atoms with Gasteiger partial charge in [0.25, 0.3) is 0 Å². The van der Waals surface area contributed by atoms with Crippen molar-refractivity contribution >= 4 is 35.0 Å². The molecule has 2 amide bonds. The maximum Gasteiger partial charge on any atom is 0.229 e. The van der Waals surface area contributed by atoms with Crippen LogP contribution in [0.3, 0.4) is 0 Å². The molecule has 1 aliphatic carbocycles. The maximum absolute atomic E-state index is 11.8. The molecule has 2 aromatic carbocycles. The number of nitrogens with zero attached hydrogens (tertiary/aromatic N) is 2. The number of benzene rings is 2. The van der Waals surface area contributed by atoms with Gasteiger partial charge in [-0.25, -0.2) is 0 Å². The number of imide groups is 1. The zero-order chi connectivity index (χ0) is 24.2. The van der Waals surface area contributed by atoms with Gasteiger partial charge in [0, 0.05) is 31.5 Å². The van der Waals surface area contributed by atoms with Gasteiger partial charge in [0.15, 0.2) is 11.5 Å². The Kier molecular flexibility index (Phi) is 8.02. The molecule has 1 atom stereocenters. The van der Waals surface area contributed by atoms with Crippen molar-refractivity contribution in [2.24, 2.45) is 0 Å². The van der Waals surface area contributed by atoms with Crippen LogP contribution >= 0.6 is 23.2 Å². The molecular weight excluding hydrogens is 475 g/mol. The van der Waals surface area contributed by atoms with E-state index in [1.165, 1.54) is 24.2 Å². The van der Waals surface area contributed by atoms with Gasteiger partial charge in [-0.3, -0.25) is 19.4 Å². The average Bonchev–Trinajstić information content (AvgIpc) is 3.11. The predicted octanol–water partition coefficient (Wildman–Crippen LogP) is 5.65. The molecule has 0 aromatic heterocycles. The Morgan fingerprint density at radius 2 is 1.76 bits per heavy atom. The second-order valence-corrected chi connectivity index (χ2v) is 9.69. The van der Waals surface area contributed by atoms with E-state index in [9.17, 15) is 9.59 Å². The summed E-state index contributed by atoms with van der Waals surface area (Å²) in [6.45, 7) is 3.45. The van der Waals surface area contributed by atoms with Crippen molar-refractivity contribution in [3.8, 4) is 11.5 Å². The Morgan fingerprint density at radius 1 is 1.03 bits per heavy atom. The van der Waals surface area contributed by atoms with Crippen molar-refractivity contribution in [3.63, 3.8) is 0 Å². The molecule has 1 aliphatic heterocycles. The molecule has 0 N–H and O–H groups in total. The summed E-state index contributed by atoms with van der Waals surface area (Å²) in [5.74, 6) is 0.955. The summed E-state index contributed by atoms with van der Waals surface area (Å²) < 4.78 is 11.4. The SMILES string of the molecule is COc1cc(CN(C2CCC2)C(C)c2ccc(Cl)c(Cl)c2)ccc1OCCN1C(=O)CCC1=O. The Labute approximate surface area is 210 Å². The molecule has 2 aliphatic rings. The van der Waals surface area contributed by atoms with Crippen LogP contribution in [0.4, 0.5) is 0 Å². The minimum atomic E-state index is -0.136. The average molecular weight is 505 g/mol. The Balaban J connectivity index is 1.45. The first-order valence-corrected chi connectivity index (χ1v) is 12.5. The van der Waals surface area contributed by atoms with E-state index in [-0.39, 0.29) is 43.8 Å². The molecule has 4 rings (SSSR count). The highest BCUT2D eigenvalue weighted by molar-refractivity contribution is 6.42. The minimum absolute atomic E-state index is 0.136. The van der Waals surface area contributed by atoms with Gasteiger partial charge in [0.2, 0.25) is 11.8 Å². The Bertz CT molecular complexity index is 1040. The highest BCUT2D eigenvalue weighted by Crippen LogP contribution is 2.37. The number of ether oxygens (including phenoxy) is 2. The van der Waals surface area contributed by atoms with Crippen molar-refractivity contribution in [1.82, 2.24) is 9.80 Å². The van der Waals surface area contributed by atoms with Crippen LogP contribution in [0, 0.1) is 0 Å². The summed E-state index contributed by atoms with van der Waals surface area (Å²) in [5.41, 5.74) is 2.26. The second-order valence-electron chi connectivity index (χ2n) is 8.88. The van der Waals surface area contributed by atoms with Crippen molar-refractivity contribution in [3.05, 3.63) is 57.6 Å². The number of amides is 2. The van der Waals surface area contributed by atoms with Crippen LogP contribution in [-0.2, 0) is 16.1 Å². The third kappa shape index (κ3) is 5.51. The molecule has 34 heavy (non-hydrogen) atoms. The monoisotopic (exact) mass is 504 g/mol. The van der Waals surface area contributed by atoms with Gasteiger partial charge >= 0.3 is 0 Å². The molecule has 0 spiro atoms. The van der Waals surface area contributed by atoms with Gasteiger partial charge in [-0.05, 0) is 55.2 Å². The van der Waals surface area contributed by atoms with Crippen LogP contribution in [0.1, 0.15) is 56.2 Å². The molecule has 2 aromatic rings. The predicted molar refractivity (Wildman–Crippen MR) is 133 cm³/mol. The summed E-state index contributed by atoms with van der Waals surface area (Å²) in [5, 5.41) is 1.13. The van der Waals surface area contributed by atoms with Crippen molar-refractivity contribution < 1.29 is 19.1 Å². The molecule has 8 heteroatoms. The highest BCUT2D eigenvalue weighted by Gasteiger charge is 2.30. The fourth-order valence-electron chi connectivity index (χ4n) is 4.52. The fraction of sp³-hybridized carbons (Fsp3) is 0.462. The Morgan fingerprint density at radius 3 is 2.38 bits per heavy atom. The molecule has 1 heterocycles. The standard InChI is InChI=1S/C26H30Cl2N2O4/c1-17(19-7-8-21(27)22(28)15-19)30(20-4-3-5-20)16-18-6-9-23(24(14-18)33-2)34-13-12-29-25(31)10-11-26(29)32/h6-9,14-15,17,20H,3-5,10-13,16H2,1-2H3. The number of hydrogen-bond acceptors (Lipinski definition) is 5. The minimum Gasteiger partial charge on any atom is -0.493 e. The zero-order valence-electron chi connectivity index (χ0n) is 19.6. The number of hydrogen-bond donors (Lipinski definition) is 0. The number of carbonyl (C=O) groups is 2.